The van der Waals surface area contributed by atoms with Gasteiger partial charge in [0.15, 0.2) is 0 Å². The summed E-state index contributed by atoms with van der Waals surface area (Å²) in [6, 6.07) is 0. The molecule has 0 radical (unpaired) electrons. The van der Waals surface area contributed by atoms with E-state index in [0.717, 1.165) is 12.2 Å². The van der Waals surface area contributed by atoms with Gasteiger partial charge in [-0.3, -0.25) is 0 Å². The van der Waals surface area contributed by atoms with E-state index in [4.69, 9.17) is 0 Å². The average Bonchev–Trinajstić information content (AvgIpc) is 2.10. The highest BCUT2D eigenvalue weighted by atomic mass is 14.9. The van der Waals surface area contributed by atoms with Crippen LogP contribution >= 0.6 is 0 Å². The van der Waals surface area contributed by atoms with E-state index in [-0.39, 0.29) is 0 Å². The monoisotopic (exact) mass is 176 g/mol. The predicted octanol–water partition coefficient (Wildman–Crippen LogP) is 1.36. The van der Waals surface area contributed by atoms with Crippen LogP contribution in [0.1, 0.15) is 0 Å². The van der Waals surface area contributed by atoms with Crippen molar-refractivity contribution in [3.8, 4) is 0 Å². The SMILES string of the molecule is CNCC1=C/C=C\C=C/C=C1NC. The minimum absolute atomic E-state index is 0.880. The second-order valence-electron chi connectivity index (χ2n) is 2.82. The molecule has 0 heterocycles. The van der Waals surface area contributed by atoms with Crippen LogP contribution in [0.5, 0.6) is 0 Å². The van der Waals surface area contributed by atoms with Gasteiger partial charge >= 0.3 is 0 Å². The largest absolute Gasteiger partial charge is 0.388 e. The van der Waals surface area contributed by atoms with Crippen LogP contribution in [0.25, 0.3) is 0 Å². The Bertz CT molecular complexity index is 270. The van der Waals surface area contributed by atoms with Crippen LogP contribution in [0.3, 0.4) is 0 Å². The number of likely N-dealkylation sites (N-methyl/N-ethyl adjacent to an activating group) is 2. The van der Waals surface area contributed by atoms with E-state index in [9.17, 15) is 0 Å². The van der Waals surface area contributed by atoms with Crippen LogP contribution < -0.4 is 10.6 Å². The maximum atomic E-state index is 3.17. The van der Waals surface area contributed by atoms with E-state index in [0.29, 0.717) is 0 Å². The fourth-order valence-corrected chi connectivity index (χ4v) is 1.24. The smallest absolute Gasteiger partial charge is 0.0383 e. The molecule has 0 atom stereocenters. The van der Waals surface area contributed by atoms with Gasteiger partial charge in [-0.15, -0.1) is 0 Å². The number of nitrogens with one attached hydrogen (secondary N) is 2. The molecule has 0 bridgehead atoms. The van der Waals surface area contributed by atoms with Crippen molar-refractivity contribution < 1.29 is 0 Å². The molecule has 0 amide bonds. The van der Waals surface area contributed by atoms with Gasteiger partial charge in [0, 0.05) is 19.3 Å². The Morgan fingerprint density at radius 1 is 1.00 bits per heavy atom. The van der Waals surface area contributed by atoms with Gasteiger partial charge in [-0.2, -0.15) is 0 Å². The molecule has 0 aromatic carbocycles. The fourth-order valence-electron chi connectivity index (χ4n) is 1.24. The lowest BCUT2D eigenvalue weighted by Crippen LogP contribution is -2.18. The summed E-state index contributed by atoms with van der Waals surface area (Å²) in [4.78, 5) is 0. The predicted molar refractivity (Wildman–Crippen MR) is 57.4 cm³/mol. The molecule has 1 aliphatic carbocycles. The first kappa shape index (κ1) is 9.81. The molecule has 0 unspecified atom stereocenters. The third-order valence-corrected chi connectivity index (χ3v) is 1.88. The second kappa shape index (κ2) is 5.38. The highest BCUT2D eigenvalue weighted by molar-refractivity contribution is 5.38. The summed E-state index contributed by atoms with van der Waals surface area (Å²) >= 11 is 0. The summed E-state index contributed by atoms with van der Waals surface area (Å²) in [5.74, 6) is 0. The van der Waals surface area contributed by atoms with Gasteiger partial charge in [-0.1, -0.05) is 30.4 Å². The van der Waals surface area contributed by atoms with Crippen LogP contribution in [0, 0.1) is 0 Å². The maximum absolute atomic E-state index is 3.17. The minimum Gasteiger partial charge on any atom is -0.388 e. The van der Waals surface area contributed by atoms with Crippen molar-refractivity contribution in [3.05, 3.63) is 47.7 Å². The zero-order valence-corrected chi connectivity index (χ0v) is 8.17. The van der Waals surface area contributed by atoms with Crippen molar-refractivity contribution >= 4 is 0 Å². The Labute approximate surface area is 79.7 Å². The molecule has 1 aliphatic rings. The van der Waals surface area contributed by atoms with Crippen molar-refractivity contribution in [1.82, 2.24) is 10.6 Å². The molecule has 2 N–H and O–H groups in total. The molecule has 0 aromatic heterocycles. The minimum atomic E-state index is 0.880. The van der Waals surface area contributed by atoms with Gasteiger partial charge in [0.1, 0.15) is 0 Å². The molecule has 0 aromatic rings. The first-order valence-corrected chi connectivity index (χ1v) is 4.45. The van der Waals surface area contributed by atoms with Gasteiger partial charge in [0.25, 0.3) is 0 Å². The Morgan fingerprint density at radius 3 is 2.31 bits per heavy atom. The molecule has 0 spiro atoms. The van der Waals surface area contributed by atoms with E-state index < -0.39 is 0 Å². The Balaban J connectivity index is 2.84. The summed E-state index contributed by atoms with van der Waals surface area (Å²) in [5, 5.41) is 6.32. The second-order valence-corrected chi connectivity index (χ2v) is 2.82. The molecule has 2 nitrogen and oxygen atoms in total. The number of hydrogen-bond acceptors (Lipinski definition) is 2. The molecule has 0 aliphatic heterocycles. The molecule has 0 saturated carbocycles. The van der Waals surface area contributed by atoms with Crippen LogP contribution in [-0.2, 0) is 0 Å². The topological polar surface area (TPSA) is 24.1 Å². The first-order chi connectivity index (χ1) is 6.38. The van der Waals surface area contributed by atoms with E-state index >= 15 is 0 Å². The van der Waals surface area contributed by atoms with Crippen molar-refractivity contribution in [2.75, 3.05) is 20.6 Å². The highest BCUT2D eigenvalue weighted by Crippen LogP contribution is 2.07. The average molecular weight is 176 g/mol. The Hall–Kier alpha value is -1.28. The van der Waals surface area contributed by atoms with Gasteiger partial charge in [-0.25, -0.2) is 0 Å². The number of hydrogen-bond donors (Lipinski definition) is 2. The van der Waals surface area contributed by atoms with Crippen LogP contribution in [0.15, 0.2) is 47.7 Å². The molecule has 70 valence electrons. The van der Waals surface area contributed by atoms with Crippen molar-refractivity contribution in [2.24, 2.45) is 0 Å². The number of rotatable bonds is 3. The standard InChI is InChI=1S/C11H16N2/c1-12-9-10-7-5-3-4-6-8-11(10)13-2/h3-8,12-13H,9H2,1-2H3/b4-3?,5-3-,6-4-,7-5?,8-6?,10-7?,11-8?,11-10?. The summed E-state index contributed by atoms with van der Waals surface area (Å²) in [6.07, 6.45) is 12.3. The first-order valence-electron chi connectivity index (χ1n) is 4.45. The van der Waals surface area contributed by atoms with E-state index in [1.807, 2.05) is 38.4 Å². The van der Waals surface area contributed by atoms with Crippen molar-refractivity contribution in [3.63, 3.8) is 0 Å². The fraction of sp³-hybridized carbons (Fsp3) is 0.273. The molecular weight excluding hydrogens is 160 g/mol. The zero-order valence-electron chi connectivity index (χ0n) is 8.17. The van der Waals surface area contributed by atoms with E-state index in [2.05, 4.69) is 22.8 Å². The molecular formula is C11H16N2. The lowest BCUT2D eigenvalue weighted by molar-refractivity contribution is 0.856. The van der Waals surface area contributed by atoms with Gasteiger partial charge in [-0.05, 0) is 18.7 Å². The third kappa shape index (κ3) is 2.92. The summed E-state index contributed by atoms with van der Waals surface area (Å²) in [7, 11) is 3.89. The molecule has 2 heteroatoms. The Kier molecular flexibility index (Phi) is 4.06. The molecule has 0 saturated heterocycles. The van der Waals surface area contributed by atoms with Gasteiger partial charge < -0.3 is 10.6 Å². The summed E-state index contributed by atoms with van der Waals surface area (Å²) in [6.45, 7) is 0.880. The van der Waals surface area contributed by atoms with Crippen LogP contribution in [0.4, 0.5) is 0 Å². The van der Waals surface area contributed by atoms with E-state index in [1.54, 1.807) is 0 Å². The maximum Gasteiger partial charge on any atom is 0.0383 e. The lowest BCUT2D eigenvalue weighted by atomic mass is 10.1. The molecule has 1 rings (SSSR count). The zero-order chi connectivity index (χ0) is 9.52. The molecule has 13 heavy (non-hydrogen) atoms. The highest BCUT2D eigenvalue weighted by Gasteiger charge is 2.00. The van der Waals surface area contributed by atoms with E-state index in [1.165, 1.54) is 5.57 Å². The number of allylic oxidation sites excluding steroid dienone is 6. The van der Waals surface area contributed by atoms with Gasteiger partial charge in [0.05, 0.1) is 0 Å². The van der Waals surface area contributed by atoms with Crippen LogP contribution in [-0.4, -0.2) is 20.6 Å². The summed E-state index contributed by atoms with van der Waals surface area (Å²) < 4.78 is 0. The lowest BCUT2D eigenvalue weighted by Gasteiger charge is -2.11. The normalized spacial score (nSPS) is 20.8. The van der Waals surface area contributed by atoms with Crippen molar-refractivity contribution in [1.29, 1.82) is 0 Å². The van der Waals surface area contributed by atoms with Gasteiger partial charge in [0.2, 0.25) is 0 Å². The van der Waals surface area contributed by atoms with Crippen LogP contribution in [0.2, 0.25) is 0 Å². The van der Waals surface area contributed by atoms with Crippen molar-refractivity contribution in [2.45, 2.75) is 0 Å². The summed E-state index contributed by atoms with van der Waals surface area (Å²) in [5.41, 5.74) is 2.43. The Morgan fingerprint density at radius 2 is 1.69 bits per heavy atom. The quantitative estimate of drug-likeness (QED) is 0.678. The molecule has 0 fully saturated rings. The third-order valence-electron chi connectivity index (χ3n) is 1.88.